The topological polar surface area (TPSA) is 94.1 Å². The summed E-state index contributed by atoms with van der Waals surface area (Å²) >= 11 is 0. The Morgan fingerprint density at radius 3 is 2.73 bits per heavy atom. The van der Waals surface area contributed by atoms with Crippen LogP contribution in [0.2, 0.25) is 0 Å². The molecule has 0 radical (unpaired) electrons. The van der Waals surface area contributed by atoms with Gasteiger partial charge in [-0.3, -0.25) is 4.57 Å². The van der Waals surface area contributed by atoms with E-state index in [1.165, 1.54) is 4.68 Å². The highest BCUT2D eigenvalue weighted by Crippen LogP contribution is 2.36. The zero-order chi connectivity index (χ0) is 20.5. The Kier molecular flexibility index (Phi) is 4.59. The number of aromatic nitrogens is 3. The second-order valence-electron chi connectivity index (χ2n) is 7.32. The van der Waals surface area contributed by atoms with Crippen molar-refractivity contribution in [2.24, 2.45) is 0 Å². The van der Waals surface area contributed by atoms with Gasteiger partial charge in [0.1, 0.15) is 0 Å². The van der Waals surface area contributed by atoms with Crippen LogP contribution < -0.4 is 16.3 Å². The SMILES string of the molecule is O=C(NCCn1nc(-c2ccco2)n(C2CC2)c1=O)Nc1cccc2ccccc12. The smallest absolute Gasteiger partial charge is 0.346 e. The van der Waals surface area contributed by atoms with E-state index in [-0.39, 0.29) is 30.9 Å². The number of benzene rings is 2. The number of urea groups is 1. The number of nitrogens with one attached hydrogen (secondary N) is 2. The summed E-state index contributed by atoms with van der Waals surface area (Å²) in [5, 5.41) is 12.1. The van der Waals surface area contributed by atoms with Crippen LogP contribution >= 0.6 is 0 Å². The normalized spacial score (nSPS) is 13.5. The van der Waals surface area contributed by atoms with Crippen LogP contribution in [0.1, 0.15) is 18.9 Å². The molecule has 1 saturated carbocycles. The molecule has 5 rings (SSSR count). The Morgan fingerprint density at radius 1 is 1.10 bits per heavy atom. The van der Waals surface area contributed by atoms with Crippen molar-refractivity contribution >= 4 is 22.5 Å². The molecule has 30 heavy (non-hydrogen) atoms. The first kappa shape index (κ1) is 18.2. The molecule has 2 N–H and O–H groups in total. The van der Waals surface area contributed by atoms with Crippen LogP contribution in [0.15, 0.2) is 70.1 Å². The van der Waals surface area contributed by atoms with E-state index in [1.54, 1.807) is 23.0 Å². The maximum absolute atomic E-state index is 12.8. The van der Waals surface area contributed by atoms with E-state index in [4.69, 9.17) is 4.42 Å². The zero-order valence-corrected chi connectivity index (χ0v) is 16.2. The minimum Gasteiger partial charge on any atom is -0.461 e. The van der Waals surface area contributed by atoms with Gasteiger partial charge in [-0.1, -0.05) is 36.4 Å². The highest BCUT2D eigenvalue weighted by atomic mass is 16.3. The highest BCUT2D eigenvalue weighted by molar-refractivity contribution is 6.01. The Morgan fingerprint density at radius 2 is 1.93 bits per heavy atom. The number of rotatable bonds is 6. The van der Waals surface area contributed by atoms with Crippen LogP contribution in [0.25, 0.3) is 22.4 Å². The molecular formula is C22H21N5O3. The van der Waals surface area contributed by atoms with E-state index >= 15 is 0 Å². The molecule has 4 aromatic rings. The predicted molar refractivity (Wildman–Crippen MR) is 113 cm³/mol. The van der Waals surface area contributed by atoms with Crippen LogP contribution in [-0.2, 0) is 6.54 Å². The number of furan rings is 1. The van der Waals surface area contributed by atoms with Gasteiger partial charge in [0, 0.05) is 18.0 Å². The van der Waals surface area contributed by atoms with Gasteiger partial charge in [0.25, 0.3) is 0 Å². The van der Waals surface area contributed by atoms with Crippen LogP contribution in [0, 0.1) is 0 Å². The Hall–Kier alpha value is -3.81. The van der Waals surface area contributed by atoms with Gasteiger partial charge in [0.2, 0.25) is 5.82 Å². The van der Waals surface area contributed by atoms with E-state index < -0.39 is 0 Å². The van der Waals surface area contributed by atoms with Gasteiger partial charge in [0.15, 0.2) is 5.76 Å². The fourth-order valence-corrected chi connectivity index (χ4v) is 3.58. The summed E-state index contributed by atoms with van der Waals surface area (Å²) < 4.78 is 8.51. The van der Waals surface area contributed by atoms with Crippen LogP contribution in [0.4, 0.5) is 10.5 Å². The summed E-state index contributed by atoms with van der Waals surface area (Å²) in [6, 6.07) is 17.0. The first-order valence-electron chi connectivity index (χ1n) is 9.96. The van der Waals surface area contributed by atoms with E-state index in [0.29, 0.717) is 11.6 Å². The molecule has 0 spiro atoms. The van der Waals surface area contributed by atoms with Gasteiger partial charge in [0.05, 0.1) is 18.5 Å². The lowest BCUT2D eigenvalue weighted by atomic mass is 10.1. The van der Waals surface area contributed by atoms with Gasteiger partial charge in [-0.05, 0) is 36.4 Å². The Balaban J connectivity index is 1.26. The summed E-state index contributed by atoms with van der Waals surface area (Å²) in [6.07, 6.45) is 3.49. The molecular weight excluding hydrogens is 382 g/mol. The number of hydrogen-bond donors (Lipinski definition) is 2. The molecule has 0 unspecified atom stereocenters. The fourth-order valence-electron chi connectivity index (χ4n) is 3.58. The number of amides is 2. The van der Waals surface area contributed by atoms with E-state index in [1.807, 2.05) is 42.5 Å². The zero-order valence-electron chi connectivity index (χ0n) is 16.2. The lowest BCUT2D eigenvalue weighted by Gasteiger charge is -2.10. The van der Waals surface area contributed by atoms with Crippen molar-refractivity contribution in [3.63, 3.8) is 0 Å². The van der Waals surface area contributed by atoms with Crippen LogP contribution in [0.5, 0.6) is 0 Å². The van der Waals surface area contributed by atoms with E-state index in [0.717, 1.165) is 29.3 Å². The molecule has 0 aliphatic heterocycles. The molecule has 1 aliphatic carbocycles. The van der Waals surface area contributed by atoms with E-state index in [9.17, 15) is 9.59 Å². The van der Waals surface area contributed by atoms with Crippen molar-refractivity contribution in [3.05, 3.63) is 71.3 Å². The van der Waals surface area contributed by atoms with Crippen LogP contribution in [0.3, 0.4) is 0 Å². The van der Waals surface area contributed by atoms with Gasteiger partial charge < -0.3 is 15.1 Å². The lowest BCUT2D eigenvalue weighted by Crippen LogP contribution is -2.34. The van der Waals surface area contributed by atoms with Crippen molar-refractivity contribution < 1.29 is 9.21 Å². The largest absolute Gasteiger partial charge is 0.461 e. The van der Waals surface area contributed by atoms with Crippen LogP contribution in [-0.4, -0.2) is 26.9 Å². The van der Waals surface area contributed by atoms with Crippen molar-refractivity contribution in [3.8, 4) is 11.6 Å². The molecule has 0 bridgehead atoms. The number of anilines is 1. The molecule has 0 saturated heterocycles. The molecule has 8 nitrogen and oxygen atoms in total. The second-order valence-corrected chi connectivity index (χ2v) is 7.32. The minimum absolute atomic E-state index is 0.175. The summed E-state index contributed by atoms with van der Waals surface area (Å²) in [5.74, 6) is 1.10. The average Bonchev–Trinajstić information content (AvgIpc) is 3.33. The average molecular weight is 403 g/mol. The van der Waals surface area contributed by atoms with Crippen molar-refractivity contribution in [1.82, 2.24) is 19.7 Å². The molecule has 2 aromatic carbocycles. The van der Waals surface area contributed by atoms with Gasteiger partial charge in [-0.15, -0.1) is 5.10 Å². The maximum Gasteiger partial charge on any atom is 0.346 e. The summed E-state index contributed by atoms with van der Waals surface area (Å²) in [5.41, 5.74) is 0.557. The van der Waals surface area contributed by atoms with Gasteiger partial charge in [-0.2, -0.15) is 0 Å². The molecule has 1 aliphatic rings. The number of carbonyl (C=O) groups excluding carboxylic acids is 1. The first-order valence-corrected chi connectivity index (χ1v) is 9.96. The monoisotopic (exact) mass is 403 g/mol. The fraction of sp³-hybridized carbons (Fsp3) is 0.227. The van der Waals surface area contributed by atoms with Gasteiger partial charge >= 0.3 is 11.7 Å². The Labute approximate surface area is 172 Å². The minimum atomic E-state index is -0.327. The standard InChI is InChI=1S/C22H21N5O3/c28-21(24-18-8-3-6-15-5-1-2-7-17(15)18)23-12-13-26-22(29)27(16-10-11-16)20(25-26)19-9-4-14-30-19/h1-9,14,16H,10-13H2,(H2,23,24,28). The molecule has 1 fully saturated rings. The molecule has 2 amide bonds. The second kappa shape index (κ2) is 7.55. The third-order valence-electron chi connectivity index (χ3n) is 5.17. The number of nitrogens with zero attached hydrogens (tertiary/aromatic N) is 3. The molecule has 2 aromatic heterocycles. The molecule has 152 valence electrons. The molecule has 8 heteroatoms. The highest BCUT2D eigenvalue weighted by Gasteiger charge is 2.31. The third-order valence-corrected chi connectivity index (χ3v) is 5.17. The summed E-state index contributed by atoms with van der Waals surface area (Å²) in [7, 11) is 0. The number of fused-ring (bicyclic) bond motifs is 1. The molecule has 0 atom stereocenters. The van der Waals surface area contributed by atoms with Crippen molar-refractivity contribution in [2.75, 3.05) is 11.9 Å². The first-order chi connectivity index (χ1) is 14.7. The third kappa shape index (κ3) is 3.47. The van der Waals surface area contributed by atoms with Gasteiger partial charge in [-0.25, -0.2) is 14.3 Å². The van der Waals surface area contributed by atoms with E-state index in [2.05, 4.69) is 15.7 Å². The maximum atomic E-state index is 12.8. The number of hydrogen-bond acceptors (Lipinski definition) is 4. The summed E-state index contributed by atoms with van der Waals surface area (Å²) in [6.45, 7) is 0.547. The van der Waals surface area contributed by atoms with Crippen molar-refractivity contribution in [2.45, 2.75) is 25.4 Å². The Bertz CT molecular complexity index is 1250. The number of carbonyl (C=O) groups is 1. The lowest BCUT2D eigenvalue weighted by molar-refractivity contribution is 0.251. The predicted octanol–water partition coefficient (Wildman–Crippen LogP) is 3.61. The quantitative estimate of drug-likeness (QED) is 0.514. The summed E-state index contributed by atoms with van der Waals surface area (Å²) in [4.78, 5) is 25.1. The molecule has 2 heterocycles. The van der Waals surface area contributed by atoms with Crippen molar-refractivity contribution in [1.29, 1.82) is 0 Å².